The molecule has 3 rings (SSSR count). The van der Waals surface area contributed by atoms with E-state index in [-0.39, 0.29) is 35.8 Å². The first kappa shape index (κ1) is 27.1. The molecule has 0 radical (unpaired) electrons. The molecule has 1 heterocycles. The molecular weight excluding hydrogens is 483 g/mol. The summed E-state index contributed by atoms with van der Waals surface area (Å²) in [6.45, 7) is 0.782. The second-order valence-electron chi connectivity index (χ2n) is 8.57. The number of benzene rings is 2. The second kappa shape index (κ2) is 12.5. The normalized spacial score (nSPS) is 12.3. The SMILES string of the molecule is CN(C)CCNS(=O)(=O)c1ccc(CC(=O)[C@H](Cc2ccccc2)NC(=O)c2ccc(F)cc2)cn1. The van der Waals surface area contributed by atoms with E-state index in [2.05, 4.69) is 15.0 Å². The fourth-order valence-corrected chi connectivity index (χ4v) is 4.36. The second-order valence-corrected chi connectivity index (χ2v) is 10.3. The van der Waals surface area contributed by atoms with E-state index >= 15 is 0 Å². The minimum Gasteiger partial charge on any atom is -0.342 e. The maximum Gasteiger partial charge on any atom is 0.258 e. The summed E-state index contributed by atoms with van der Waals surface area (Å²) >= 11 is 0. The molecule has 36 heavy (non-hydrogen) atoms. The molecule has 0 saturated heterocycles. The Bertz CT molecular complexity index is 1270. The zero-order valence-corrected chi connectivity index (χ0v) is 21.0. The standard InChI is InChI=1S/C26H29FN4O4S/c1-31(2)15-14-29-36(34,35)25-13-8-20(18-28-25)17-24(32)23(16-19-6-4-3-5-7-19)30-26(33)21-9-11-22(27)12-10-21/h3-13,18,23,29H,14-17H2,1-2H3,(H,30,33)/t23-/m0/s1. The maximum atomic E-state index is 13.2. The van der Waals surface area contributed by atoms with Crippen molar-refractivity contribution in [1.82, 2.24) is 19.9 Å². The number of hydrogen-bond donors (Lipinski definition) is 2. The van der Waals surface area contributed by atoms with Crippen LogP contribution in [0.2, 0.25) is 0 Å². The average Bonchev–Trinajstić information content (AvgIpc) is 2.84. The summed E-state index contributed by atoms with van der Waals surface area (Å²) in [7, 11) is -0.0866. The van der Waals surface area contributed by atoms with Gasteiger partial charge in [0.15, 0.2) is 10.8 Å². The van der Waals surface area contributed by atoms with Crippen LogP contribution in [0.15, 0.2) is 78.0 Å². The van der Waals surface area contributed by atoms with Crippen molar-refractivity contribution in [2.24, 2.45) is 0 Å². The number of halogens is 1. The van der Waals surface area contributed by atoms with Crippen LogP contribution in [-0.4, -0.2) is 63.2 Å². The van der Waals surface area contributed by atoms with Crippen LogP contribution < -0.4 is 10.0 Å². The van der Waals surface area contributed by atoms with E-state index in [1.54, 1.807) is 0 Å². The molecule has 8 nitrogen and oxygen atoms in total. The van der Waals surface area contributed by atoms with Gasteiger partial charge in [0.2, 0.25) is 0 Å². The lowest BCUT2D eigenvalue weighted by Gasteiger charge is -2.18. The molecule has 1 amide bonds. The maximum absolute atomic E-state index is 13.2. The number of amides is 1. The smallest absolute Gasteiger partial charge is 0.258 e. The summed E-state index contributed by atoms with van der Waals surface area (Å²) in [5.74, 6) is -1.22. The minimum atomic E-state index is -3.76. The minimum absolute atomic E-state index is 0.0530. The van der Waals surface area contributed by atoms with Crippen molar-refractivity contribution in [3.63, 3.8) is 0 Å². The largest absolute Gasteiger partial charge is 0.342 e. The third kappa shape index (κ3) is 8.04. The van der Waals surface area contributed by atoms with Gasteiger partial charge in [-0.2, -0.15) is 0 Å². The monoisotopic (exact) mass is 512 g/mol. The molecule has 2 N–H and O–H groups in total. The Morgan fingerprint density at radius 2 is 1.67 bits per heavy atom. The molecule has 0 aliphatic heterocycles. The molecule has 1 atom stereocenters. The summed E-state index contributed by atoms with van der Waals surface area (Å²) < 4.78 is 40.5. The number of ketones is 1. The van der Waals surface area contributed by atoms with Crippen LogP contribution in [-0.2, 0) is 27.7 Å². The van der Waals surface area contributed by atoms with Gasteiger partial charge in [-0.3, -0.25) is 9.59 Å². The van der Waals surface area contributed by atoms with Gasteiger partial charge in [-0.05, 0) is 62.0 Å². The van der Waals surface area contributed by atoms with E-state index in [9.17, 15) is 22.4 Å². The molecule has 0 aliphatic rings. The number of sulfonamides is 1. The van der Waals surface area contributed by atoms with Crippen LogP contribution in [0.5, 0.6) is 0 Å². The number of carbonyl (C=O) groups excluding carboxylic acids is 2. The summed E-state index contributed by atoms with van der Waals surface area (Å²) in [5.41, 5.74) is 1.61. The van der Waals surface area contributed by atoms with Crippen molar-refractivity contribution < 1.29 is 22.4 Å². The first-order chi connectivity index (χ1) is 17.1. The number of nitrogens with one attached hydrogen (secondary N) is 2. The fourth-order valence-electron chi connectivity index (χ4n) is 3.41. The number of hydrogen-bond acceptors (Lipinski definition) is 6. The van der Waals surface area contributed by atoms with Crippen molar-refractivity contribution >= 4 is 21.7 Å². The zero-order valence-electron chi connectivity index (χ0n) is 20.1. The van der Waals surface area contributed by atoms with Gasteiger partial charge >= 0.3 is 0 Å². The van der Waals surface area contributed by atoms with Crippen molar-refractivity contribution in [2.45, 2.75) is 23.9 Å². The molecule has 0 spiro atoms. The highest BCUT2D eigenvalue weighted by Crippen LogP contribution is 2.12. The fraction of sp³-hybridized carbons (Fsp3) is 0.269. The summed E-state index contributed by atoms with van der Waals surface area (Å²) in [4.78, 5) is 31.8. The lowest BCUT2D eigenvalue weighted by atomic mass is 9.98. The van der Waals surface area contributed by atoms with E-state index in [4.69, 9.17) is 0 Å². The first-order valence-corrected chi connectivity index (χ1v) is 12.8. The molecule has 190 valence electrons. The highest BCUT2D eigenvalue weighted by molar-refractivity contribution is 7.89. The Balaban J connectivity index is 1.71. The number of aromatic nitrogens is 1. The third-order valence-corrected chi connectivity index (χ3v) is 6.76. The zero-order chi connectivity index (χ0) is 26.1. The van der Waals surface area contributed by atoms with Crippen LogP contribution in [0.1, 0.15) is 21.5 Å². The predicted molar refractivity (Wildman–Crippen MR) is 134 cm³/mol. The molecule has 2 aromatic carbocycles. The number of carbonyl (C=O) groups is 2. The molecule has 0 saturated carbocycles. The molecule has 0 bridgehead atoms. The van der Waals surface area contributed by atoms with Gasteiger partial charge in [-0.25, -0.2) is 22.5 Å². The highest BCUT2D eigenvalue weighted by atomic mass is 32.2. The predicted octanol–water partition coefficient (Wildman–Crippen LogP) is 2.21. The summed E-state index contributed by atoms with van der Waals surface area (Å²) in [5, 5.41) is 2.61. The first-order valence-electron chi connectivity index (χ1n) is 11.4. The van der Waals surface area contributed by atoms with Crippen molar-refractivity contribution in [2.75, 3.05) is 27.2 Å². The van der Waals surface area contributed by atoms with E-state index in [1.165, 1.54) is 42.6 Å². The van der Waals surface area contributed by atoms with Crippen LogP contribution in [0.3, 0.4) is 0 Å². The Morgan fingerprint density at radius 1 is 0.972 bits per heavy atom. The van der Waals surface area contributed by atoms with Crippen LogP contribution in [0.25, 0.3) is 0 Å². The van der Waals surface area contributed by atoms with Gasteiger partial charge in [-0.1, -0.05) is 36.4 Å². The summed E-state index contributed by atoms with van der Waals surface area (Å²) in [6.07, 6.45) is 1.56. The van der Waals surface area contributed by atoms with E-state index in [1.807, 2.05) is 49.3 Å². The number of rotatable bonds is 12. The van der Waals surface area contributed by atoms with Gasteiger partial charge in [0.25, 0.3) is 15.9 Å². The number of Topliss-reactive ketones (excluding diaryl/α,β-unsaturated/α-hetero) is 1. The van der Waals surface area contributed by atoms with Crippen molar-refractivity contribution in [1.29, 1.82) is 0 Å². The van der Waals surface area contributed by atoms with E-state index < -0.39 is 27.8 Å². The molecule has 3 aromatic rings. The van der Waals surface area contributed by atoms with Crippen molar-refractivity contribution in [3.05, 3.63) is 95.4 Å². The van der Waals surface area contributed by atoms with Crippen LogP contribution in [0, 0.1) is 5.82 Å². The van der Waals surface area contributed by atoms with Crippen molar-refractivity contribution in [3.8, 4) is 0 Å². The van der Waals surface area contributed by atoms with Gasteiger partial charge in [0, 0.05) is 31.3 Å². The third-order valence-electron chi connectivity index (χ3n) is 5.39. The molecular formula is C26H29FN4O4S. The average molecular weight is 513 g/mol. The number of nitrogens with zero attached hydrogens (tertiary/aromatic N) is 2. The highest BCUT2D eigenvalue weighted by Gasteiger charge is 2.23. The Kier molecular flexibility index (Phi) is 9.40. The molecule has 0 fully saturated rings. The Labute approximate surface area is 210 Å². The van der Waals surface area contributed by atoms with Gasteiger partial charge < -0.3 is 10.2 Å². The van der Waals surface area contributed by atoms with Crippen LogP contribution >= 0.6 is 0 Å². The van der Waals surface area contributed by atoms with Gasteiger partial charge in [0.05, 0.1) is 6.04 Å². The lowest BCUT2D eigenvalue weighted by molar-refractivity contribution is -0.120. The quantitative estimate of drug-likeness (QED) is 0.385. The molecule has 0 aliphatic carbocycles. The Hall–Kier alpha value is -3.47. The summed E-state index contributed by atoms with van der Waals surface area (Å²) in [6, 6.07) is 16.4. The van der Waals surface area contributed by atoms with E-state index in [0.717, 1.165) is 5.56 Å². The van der Waals surface area contributed by atoms with Crippen LogP contribution in [0.4, 0.5) is 4.39 Å². The topological polar surface area (TPSA) is 108 Å². The molecule has 10 heteroatoms. The molecule has 1 aromatic heterocycles. The van der Waals surface area contributed by atoms with E-state index in [0.29, 0.717) is 12.1 Å². The van der Waals surface area contributed by atoms with Gasteiger partial charge in [0.1, 0.15) is 5.82 Å². The van der Waals surface area contributed by atoms with Gasteiger partial charge in [-0.15, -0.1) is 0 Å². The lowest BCUT2D eigenvalue weighted by Crippen LogP contribution is -2.43. The molecule has 0 unspecified atom stereocenters. The number of pyridine rings is 1. The number of likely N-dealkylation sites (N-methyl/N-ethyl adjacent to an activating group) is 1. The Morgan fingerprint density at radius 3 is 2.28 bits per heavy atom.